The van der Waals surface area contributed by atoms with E-state index < -0.39 is 6.10 Å². The molecule has 2 nitrogen and oxygen atoms in total. The summed E-state index contributed by atoms with van der Waals surface area (Å²) in [7, 11) is 1.61. The van der Waals surface area contributed by atoms with Crippen molar-refractivity contribution < 1.29 is 14.2 Å². The van der Waals surface area contributed by atoms with E-state index in [1.54, 1.807) is 25.3 Å². The third-order valence-corrected chi connectivity index (χ3v) is 4.19. The fourth-order valence-electron chi connectivity index (χ4n) is 1.97. The summed E-state index contributed by atoms with van der Waals surface area (Å²) < 4.78 is 18.6. The number of aryl methyl sites for hydroxylation is 1. The molecule has 0 amide bonds. The highest BCUT2D eigenvalue weighted by molar-refractivity contribution is 7.99. The lowest BCUT2D eigenvalue weighted by molar-refractivity contribution is 0.203. The molecule has 4 heteroatoms. The fourth-order valence-corrected chi connectivity index (χ4v) is 2.87. The Balaban J connectivity index is 2.05. The summed E-state index contributed by atoms with van der Waals surface area (Å²) in [6.45, 7) is 1.93. The van der Waals surface area contributed by atoms with Gasteiger partial charge >= 0.3 is 0 Å². The van der Waals surface area contributed by atoms with E-state index in [4.69, 9.17) is 4.74 Å². The molecule has 0 aliphatic carbocycles. The van der Waals surface area contributed by atoms with Crippen molar-refractivity contribution in [1.82, 2.24) is 0 Å². The zero-order valence-electron chi connectivity index (χ0n) is 11.5. The van der Waals surface area contributed by atoms with Crippen LogP contribution in [0.2, 0.25) is 0 Å². The molecule has 0 heterocycles. The van der Waals surface area contributed by atoms with Gasteiger partial charge in [-0.25, -0.2) is 4.39 Å². The second kappa shape index (κ2) is 6.77. The normalized spacial score (nSPS) is 12.2. The number of aliphatic hydroxyl groups is 1. The Hall–Kier alpha value is -1.52. The van der Waals surface area contributed by atoms with Gasteiger partial charge in [-0.1, -0.05) is 18.2 Å². The van der Waals surface area contributed by atoms with Crippen LogP contribution in [-0.2, 0) is 0 Å². The molecule has 0 bridgehead atoms. The summed E-state index contributed by atoms with van der Waals surface area (Å²) in [4.78, 5) is 0.553. The van der Waals surface area contributed by atoms with Crippen LogP contribution in [0.3, 0.4) is 0 Å². The summed E-state index contributed by atoms with van der Waals surface area (Å²) in [6, 6.07) is 12.1. The van der Waals surface area contributed by atoms with Gasteiger partial charge in [0.1, 0.15) is 11.6 Å². The molecule has 1 atom stereocenters. The van der Waals surface area contributed by atoms with Gasteiger partial charge in [0.15, 0.2) is 0 Å². The maximum atomic E-state index is 13.5. The molecule has 0 aliphatic rings. The maximum absolute atomic E-state index is 13.5. The van der Waals surface area contributed by atoms with E-state index in [0.717, 1.165) is 16.9 Å². The van der Waals surface area contributed by atoms with Crippen LogP contribution >= 0.6 is 11.8 Å². The molecular weight excluding hydrogens is 275 g/mol. The average Bonchev–Trinajstić information content (AvgIpc) is 2.46. The number of ether oxygens (including phenoxy) is 1. The average molecular weight is 292 g/mol. The minimum Gasteiger partial charge on any atom is -0.497 e. The Bertz CT molecular complexity index is 586. The summed E-state index contributed by atoms with van der Waals surface area (Å²) in [6.07, 6.45) is -0.634. The van der Waals surface area contributed by atoms with Gasteiger partial charge in [-0.15, -0.1) is 11.8 Å². The fraction of sp³-hybridized carbons (Fsp3) is 0.250. The van der Waals surface area contributed by atoms with Gasteiger partial charge in [-0.2, -0.15) is 0 Å². The van der Waals surface area contributed by atoms with Crippen LogP contribution in [0.5, 0.6) is 5.75 Å². The van der Waals surface area contributed by atoms with Gasteiger partial charge in [-0.3, -0.25) is 0 Å². The van der Waals surface area contributed by atoms with Crippen LogP contribution in [0.25, 0.3) is 0 Å². The minimum absolute atomic E-state index is 0.254. The lowest BCUT2D eigenvalue weighted by atomic mass is 10.0. The first-order valence-corrected chi connectivity index (χ1v) is 7.30. The van der Waals surface area contributed by atoms with Crippen LogP contribution in [0.15, 0.2) is 47.4 Å². The number of hydrogen-bond donors (Lipinski definition) is 1. The standard InChI is InChI=1S/C16H17FO2S/c1-11-9-12(19-2)7-8-13(11)15(18)10-20-16-6-4-3-5-14(16)17/h3-9,15,18H,10H2,1-2H3. The van der Waals surface area contributed by atoms with Gasteiger partial charge in [0.25, 0.3) is 0 Å². The lowest BCUT2D eigenvalue weighted by Gasteiger charge is -2.14. The van der Waals surface area contributed by atoms with E-state index in [9.17, 15) is 9.50 Å². The summed E-state index contributed by atoms with van der Waals surface area (Å²) in [5.41, 5.74) is 1.81. The molecule has 106 valence electrons. The van der Waals surface area contributed by atoms with E-state index in [2.05, 4.69) is 0 Å². The van der Waals surface area contributed by atoms with Crippen LogP contribution in [-0.4, -0.2) is 18.0 Å². The first kappa shape index (κ1) is 14.9. The van der Waals surface area contributed by atoms with Crippen LogP contribution in [0, 0.1) is 12.7 Å². The topological polar surface area (TPSA) is 29.5 Å². The summed E-state index contributed by atoms with van der Waals surface area (Å²) in [5, 5.41) is 10.2. The zero-order valence-corrected chi connectivity index (χ0v) is 12.3. The number of rotatable bonds is 5. The highest BCUT2D eigenvalue weighted by Gasteiger charge is 2.12. The molecule has 2 aromatic rings. The quantitative estimate of drug-likeness (QED) is 0.846. The third-order valence-electron chi connectivity index (χ3n) is 3.07. The predicted octanol–water partition coefficient (Wildman–Crippen LogP) is 3.97. The largest absolute Gasteiger partial charge is 0.497 e. The number of aliphatic hydroxyl groups excluding tert-OH is 1. The van der Waals surface area contributed by atoms with E-state index in [-0.39, 0.29) is 5.82 Å². The monoisotopic (exact) mass is 292 g/mol. The number of thioether (sulfide) groups is 1. The first-order valence-electron chi connectivity index (χ1n) is 6.31. The second-order valence-corrected chi connectivity index (χ2v) is 5.54. The molecule has 0 fully saturated rings. The van der Waals surface area contributed by atoms with E-state index >= 15 is 0 Å². The summed E-state index contributed by atoms with van der Waals surface area (Å²) in [5.74, 6) is 0.921. The number of benzene rings is 2. The van der Waals surface area contributed by atoms with Crippen molar-refractivity contribution >= 4 is 11.8 Å². The van der Waals surface area contributed by atoms with Crippen molar-refractivity contribution in [2.75, 3.05) is 12.9 Å². The van der Waals surface area contributed by atoms with E-state index in [1.165, 1.54) is 17.8 Å². The minimum atomic E-state index is -0.634. The maximum Gasteiger partial charge on any atom is 0.136 e. The van der Waals surface area contributed by atoms with Crippen LogP contribution in [0.1, 0.15) is 17.2 Å². The van der Waals surface area contributed by atoms with Crippen LogP contribution in [0.4, 0.5) is 4.39 Å². The molecule has 20 heavy (non-hydrogen) atoms. The van der Waals surface area contributed by atoms with Gasteiger partial charge in [0.2, 0.25) is 0 Å². The summed E-state index contributed by atoms with van der Waals surface area (Å²) >= 11 is 1.31. The third kappa shape index (κ3) is 3.52. The molecule has 1 unspecified atom stereocenters. The molecular formula is C16H17FO2S. The molecule has 0 aliphatic heterocycles. The zero-order chi connectivity index (χ0) is 14.5. The smallest absolute Gasteiger partial charge is 0.136 e. The first-order chi connectivity index (χ1) is 9.61. The van der Waals surface area contributed by atoms with E-state index in [0.29, 0.717) is 10.6 Å². The number of halogens is 1. The molecule has 2 rings (SSSR count). The Kier molecular flexibility index (Phi) is 5.04. The van der Waals surface area contributed by atoms with Crippen molar-refractivity contribution in [2.45, 2.75) is 17.9 Å². The Morgan fingerprint density at radius 2 is 2.00 bits per heavy atom. The number of hydrogen-bond acceptors (Lipinski definition) is 3. The molecule has 0 radical (unpaired) electrons. The molecule has 0 aromatic heterocycles. The molecule has 2 aromatic carbocycles. The van der Waals surface area contributed by atoms with Crippen molar-refractivity contribution in [3.63, 3.8) is 0 Å². The highest BCUT2D eigenvalue weighted by atomic mass is 32.2. The van der Waals surface area contributed by atoms with Gasteiger partial charge in [0.05, 0.1) is 13.2 Å². The second-order valence-electron chi connectivity index (χ2n) is 4.48. The van der Waals surface area contributed by atoms with Gasteiger partial charge in [0, 0.05) is 10.6 Å². The lowest BCUT2D eigenvalue weighted by Crippen LogP contribution is -2.03. The molecule has 0 saturated carbocycles. The highest BCUT2D eigenvalue weighted by Crippen LogP contribution is 2.29. The Labute approximate surface area is 122 Å². The van der Waals surface area contributed by atoms with Crippen LogP contribution < -0.4 is 4.74 Å². The predicted molar refractivity (Wildman–Crippen MR) is 79.8 cm³/mol. The van der Waals surface area contributed by atoms with E-state index in [1.807, 2.05) is 25.1 Å². The number of methoxy groups -OCH3 is 1. The van der Waals surface area contributed by atoms with Crippen molar-refractivity contribution in [1.29, 1.82) is 0 Å². The molecule has 0 spiro atoms. The van der Waals surface area contributed by atoms with Gasteiger partial charge < -0.3 is 9.84 Å². The molecule has 0 saturated heterocycles. The van der Waals surface area contributed by atoms with Crippen molar-refractivity contribution in [3.8, 4) is 5.75 Å². The molecule has 1 N–H and O–H groups in total. The van der Waals surface area contributed by atoms with Crippen molar-refractivity contribution in [3.05, 3.63) is 59.4 Å². The van der Waals surface area contributed by atoms with Crippen molar-refractivity contribution in [2.24, 2.45) is 0 Å². The Morgan fingerprint density at radius 3 is 2.65 bits per heavy atom. The Morgan fingerprint density at radius 1 is 1.25 bits per heavy atom. The SMILES string of the molecule is COc1ccc(C(O)CSc2ccccc2F)c(C)c1. The van der Waals surface area contributed by atoms with Gasteiger partial charge in [-0.05, 0) is 42.3 Å².